The van der Waals surface area contributed by atoms with Gasteiger partial charge in [0.2, 0.25) is 0 Å². The number of esters is 1. The predicted molar refractivity (Wildman–Crippen MR) is 326 cm³/mol. The molecule has 90 heavy (non-hydrogen) atoms. The van der Waals surface area contributed by atoms with Gasteiger partial charge < -0.3 is 76.0 Å². The minimum atomic E-state index is -2.04. The smallest absolute Gasteiger partial charge is 0.488 e. The van der Waals surface area contributed by atoms with Gasteiger partial charge in [-0.3, -0.25) is 4.79 Å². The maximum atomic E-state index is 15.6. The van der Waals surface area contributed by atoms with Crippen molar-refractivity contribution < 1.29 is 95.0 Å². The molecule has 1 unspecified atom stereocenters. The summed E-state index contributed by atoms with van der Waals surface area (Å²) in [6.45, 7) is 17.2. The lowest BCUT2D eigenvalue weighted by atomic mass is 9.78. The zero-order valence-corrected chi connectivity index (χ0v) is 53.9. The number of cyclic esters (lactones) is 1. The monoisotopic (exact) mass is 1250 g/mol. The van der Waals surface area contributed by atoms with Crippen LogP contribution in [0.25, 0.3) is 0 Å². The number of carbonyl (C=O) groups excluding carboxylic acids is 5. The van der Waals surface area contributed by atoms with Crippen molar-refractivity contribution in [2.24, 2.45) is 17.8 Å². The van der Waals surface area contributed by atoms with E-state index in [-0.39, 0.29) is 45.7 Å². The number of ether oxygens (including phenoxy) is 15. The summed E-state index contributed by atoms with van der Waals surface area (Å²) in [4.78, 5) is 73.4. The third kappa shape index (κ3) is 17.0. The van der Waals surface area contributed by atoms with Crippen molar-refractivity contribution in [2.75, 3.05) is 21.2 Å². The molecule has 0 N–H and O–H groups in total. The van der Waals surface area contributed by atoms with Gasteiger partial charge in [0.1, 0.15) is 55.6 Å². The predicted octanol–water partition coefficient (Wildman–Crippen LogP) is 12.3. The molecule has 3 fully saturated rings. The molecule has 21 nitrogen and oxygen atoms in total. The quantitative estimate of drug-likeness (QED) is 0.0628. The summed E-state index contributed by atoms with van der Waals surface area (Å²) >= 11 is 0. The third-order valence-corrected chi connectivity index (χ3v) is 17.6. The van der Waals surface area contributed by atoms with Gasteiger partial charge in [-0.2, -0.15) is 0 Å². The SMILES string of the molecule is CC[C@H]1OC(=O)[C@H](C)[C@@H](O[C@H]2C[C@@](C)(OC)[C@@H](OC(=O)OCc3ccccc3)[C@H](C)O2)[C@H](C)C(O[C@@H]2O[C@H](C)C[C@H](N(C)C)[C@H]2OC(=O)OCc2ccccc2)[C@@]2(C)CC(C)=C(O2)[C@H](C)[C@@H](OC(=O)OCc2ccccc2)[C@]1(C)OC(=O)OCc1ccccc1. The van der Waals surface area contributed by atoms with Gasteiger partial charge in [-0.05, 0) is 103 Å². The van der Waals surface area contributed by atoms with Crippen molar-refractivity contribution >= 4 is 30.6 Å². The van der Waals surface area contributed by atoms with Crippen LogP contribution in [-0.4, -0.2) is 141 Å². The van der Waals surface area contributed by atoms with Crippen LogP contribution >= 0.6 is 0 Å². The molecule has 17 atom stereocenters. The zero-order chi connectivity index (χ0) is 64.9. The van der Waals surface area contributed by atoms with Crippen molar-refractivity contribution in [3.05, 3.63) is 155 Å². The molecular formula is C69H89NO20. The van der Waals surface area contributed by atoms with Gasteiger partial charge in [0.15, 0.2) is 36.5 Å². The number of nitrogens with zero attached hydrogens (tertiary/aromatic N) is 1. The first-order chi connectivity index (χ1) is 42.9. The zero-order valence-electron chi connectivity index (χ0n) is 53.9. The highest BCUT2D eigenvalue weighted by Gasteiger charge is 2.59. The Balaban J connectivity index is 1.20. The maximum Gasteiger partial charge on any atom is 0.509 e. The highest BCUT2D eigenvalue weighted by Crippen LogP contribution is 2.49. The van der Waals surface area contributed by atoms with E-state index in [0.29, 0.717) is 28.9 Å². The molecule has 4 aliphatic heterocycles. The number of likely N-dealkylation sites (N-methyl/N-ethyl adjacent to an activating group) is 1. The van der Waals surface area contributed by atoms with Crippen LogP contribution in [0.5, 0.6) is 0 Å². The Kier molecular flexibility index (Phi) is 23.4. The molecule has 490 valence electrons. The molecule has 0 amide bonds. The summed E-state index contributed by atoms with van der Waals surface area (Å²) < 4.78 is 95.8. The molecule has 21 heteroatoms. The van der Waals surface area contributed by atoms with Gasteiger partial charge in [0.05, 0.1) is 36.2 Å². The number of fused-ring (bicyclic) bond motifs is 2. The molecule has 0 aliphatic carbocycles. The van der Waals surface area contributed by atoms with Crippen LogP contribution in [0.1, 0.15) is 117 Å². The average molecular weight is 1250 g/mol. The molecular weight excluding hydrogens is 1160 g/mol. The summed E-state index contributed by atoms with van der Waals surface area (Å²) in [6, 6.07) is 35.9. The molecule has 4 aromatic rings. The van der Waals surface area contributed by atoms with E-state index in [9.17, 15) is 19.2 Å². The number of rotatable bonds is 19. The molecule has 0 spiro atoms. The number of hydrogen-bond donors (Lipinski definition) is 0. The van der Waals surface area contributed by atoms with E-state index in [0.717, 1.165) is 11.1 Å². The van der Waals surface area contributed by atoms with Gasteiger partial charge in [-0.1, -0.05) is 142 Å². The Labute approximate surface area is 528 Å². The normalized spacial score (nSPS) is 32.1. The van der Waals surface area contributed by atoms with E-state index in [2.05, 4.69) is 0 Å². The van der Waals surface area contributed by atoms with Crippen LogP contribution in [0.4, 0.5) is 19.2 Å². The second-order valence-electron chi connectivity index (χ2n) is 24.8. The Morgan fingerprint density at radius 1 is 0.600 bits per heavy atom. The van der Waals surface area contributed by atoms with Crippen LogP contribution in [0.15, 0.2) is 133 Å². The van der Waals surface area contributed by atoms with Gasteiger partial charge in [0.25, 0.3) is 0 Å². The third-order valence-electron chi connectivity index (χ3n) is 17.6. The van der Waals surface area contributed by atoms with Gasteiger partial charge in [-0.15, -0.1) is 0 Å². The average Bonchev–Trinajstić information content (AvgIpc) is 1.53. The maximum absolute atomic E-state index is 15.6. The lowest BCUT2D eigenvalue weighted by molar-refractivity contribution is -0.317. The van der Waals surface area contributed by atoms with E-state index in [4.69, 9.17) is 71.1 Å². The summed E-state index contributed by atoms with van der Waals surface area (Å²) in [5.74, 6) is -3.57. The minimum Gasteiger partial charge on any atom is -0.488 e. The Morgan fingerprint density at radius 3 is 1.56 bits per heavy atom. The fourth-order valence-electron chi connectivity index (χ4n) is 12.9. The Bertz CT molecular complexity index is 3030. The van der Waals surface area contributed by atoms with Crippen molar-refractivity contribution in [2.45, 2.75) is 206 Å². The molecule has 8 rings (SSSR count). The van der Waals surface area contributed by atoms with Crippen LogP contribution in [0, 0.1) is 17.8 Å². The van der Waals surface area contributed by atoms with Crippen molar-refractivity contribution in [3.63, 3.8) is 0 Å². The highest BCUT2D eigenvalue weighted by molar-refractivity contribution is 5.73. The lowest BCUT2D eigenvalue weighted by Gasteiger charge is -2.49. The van der Waals surface area contributed by atoms with E-state index in [1.54, 1.807) is 83.1 Å². The molecule has 3 saturated heterocycles. The molecule has 0 saturated carbocycles. The van der Waals surface area contributed by atoms with Crippen LogP contribution in [-0.2, 0) is 102 Å². The summed E-state index contributed by atoms with van der Waals surface area (Å²) in [5.41, 5.74) is -1.14. The van der Waals surface area contributed by atoms with Crippen molar-refractivity contribution in [1.82, 2.24) is 4.90 Å². The Hall–Kier alpha value is -7.27. The van der Waals surface area contributed by atoms with E-state index in [1.807, 2.05) is 119 Å². The summed E-state index contributed by atoms with van der Waals surface area (Å²) in [5, 5.41) is 0. The number of benzene rings is 4. The fraction of sp³-hybridized carbons (Fsp3) is 0.551. The van der Waals surface area contributed by atoms with Gasteiger partial charge >= 0.3 is 30.6 Å². The standard InChI is InChI=1S/C69H89NO20/c1-14-53-69(10,90-66(75)80-41-51-33-25-18-26-34-51)59(87-64(73)78-39-49-29-21-16-22-30-49)44(4)55-42(2)36-68(9,89-55)58(86-62-57(52(70(11)12)35-43(3)81-62)85-63(72)77-38-48-27-19-15-20-28-48)45(5)56(46(6)61(71)83-53)84-54-37-67(8,76-13)60(47(7)82-54)88-65(74)79-40-50-31-23-17-24-32-50/h15-34,43-47,52-54,56-60,62H,14,35-41H2,1-13H3/t43-,44+,45+,46-,47+,52+,53-,54+,56+,57-,58?,59-,60+,62+,67-,68-,69-/m1/s1. The molecule has 0 radical (unpaired) electrons. The number of methoxy groups -OCH3 is 1. The first-order valence-electron chi connectivity index (χ1n) is 30.9. The lowest BCUT2D eigenvalue weighted by Crippen LogP contribution is -2.61. The highest BCUT2D eigenvalue weighted by atomic mass is 16.8. The second kappa shape index (κ2) is 30.7. The number of hydrogen-bond acceptors (Lipinski definition) is 21. The molecule has 2 bridgehead atoms. The molecule has 4 heterocycles. The van der Waals surface area contributed by atoms with E-state index >= 15 is 4.79 Å². The summed E-state index contributed by atoms with van der Waals surface area (Å²) in [7, 11) is 5.23. The molecule has 0 aromatic heterocycles. The topological polar surface area (TPSA) is 227 Å². The van der Waals surface area contributed by atoms with Crippen molar-refractivity contribution in [1.29, 1.82) is 0 Å². The molecule has 4 aliphatic rings. The first kappa shape index (κ1) is 68.6. The van der Waals surface area contributed by atoms with Crippen LogP contribution < -0.4 is 0 Å². The van der Waals surface area contributed by atoms with Crippen LogP contribution in [0.2, 0.25) is 0 Å². The fourth-order valence-corrected chi connectivity index (χ4v) is 12.9. The van der Waals surface area contributed by atoms with Gasteiger partial charge in [-0.25, -0.2) is 19.2 Å². The van der Waals surface area contributed by atoms with Gasteiger partial charge in [0, 0.05) is 25.9 Å². The van der Waals surface area contributed by atoms with Crippen molar-refractivity contribution in [3.8, 4) is 0 Å². The second-order valence-corrected chi connectivity index (χ2v) is 24.8. The minimum absolute atomic E-state index is 0.0139. The van der Waals surface area contributed by atoms with Crippen LogP contribution in [0.3, 0.4) is 0 Å². The Morgan fingerprint density at radius 2 is 1.08 bits per heavy atom. The van der Waals surface area contributed by atoms with E-state index < -0.39 is 133 Å². The van der Waals surface area contributed by atoms with E-state index in [1.165, 1.54) is 14.0 Å². The summed E-state index contributed by atoms with van der Waals surface area (Å²) in [6.07, 6.45) is -14.6. The first-order valence-corrected chi connectivity index (χ1v) is 30.9. The largest absolute Gasteiger partial charge is 0.509 e. The number of carbonyl (C=O) groups is 5. The molecule has 4 aromatic carbocycles.